The van der Waals surface area contributed by atoms with Crippen LogP contribution in [0.4, 0.5) is 0 Å². The number of hydrogen-bond donors (Lipinski definition) is 2. The number of hydrazine groups is 1. The fourth-order valence-electron chi connectivity index (χ4n) is 2.50. The van der Waals surface area contributed by atoms with Crippen LogP contribution in [0.3, 0.4) is 0 Å². The van der Waals surface area contributed by atoms with Crippen LogP contribution in [0.25, 0.3) is 0 Å². The molecule has 1 aromatic carbocycles. The quantitative estimate of drug-likeness (QED) is 0.662. The molecule has 0 aliphatic carbocycles. The molecule has 0 amide bonds. The van der Waals surface area contributed by atoms with Crippen LogP contribution in [0.15, 0.2) is 18.2 Å². The van der Waals surface area contributed by atoms with Gasteiger partial charge in [-0.15, -0.1) is 0 Å². The summed E-state index contributed by atoms with van der Waals surface area (Å²) in [5.74, 6) is 5.76. The highest BCUT2D eigenvalue weighted by Crippen LogP contribution is 2.34. The summed E-state index contributed by atoms with van der Waals surface area (Å²) in [5, 5.41) is 0.420. The Morgan fingerprint density at radius 1 is 1.32 bits per heavy atom. The van der Waals surface area contributed by atoms with E-state index in [0.717, 1.165) is 6.42 Å². The third-order valence-electron chi connectivity index (χ3n) is 3.47. The maximum Gasteiger partial charge on any atom is 0.155 e. The predicted octanol–water partition coefficient (Wildman–Crippen LogP) is 2.47. The van der Waals surface area contributed by atoms with E-state index < -0.39 is 21.1 Å². The molecule has 0 spiro atoms. The molecule has 1 aliphatic rings. The van der Waals surface area contributed by atoms with E-state index in [4.69, 9.17) is 29.0 Å². The van der Waals surface area contributed by atoms with E-state index in [-0.39, 0.29) is 5.75 Å². The van der Waals surface area contributed by atoms with Gasteiger partial charge in [0.15, 0.2) is 9.84 Å². The lowest BCUT2D eigenvalue weighted by molar-refractivity contribution is 0.454. The summed E-state index contributed by atoms with van der Waals surface area (Å²) < 4.78 is 24.4. The highest BCUT2D eigenvalue weighted by molar-refractivity contribution is 7.92. The Morgan fingerprint density at radius 3 is 2.68 bits per heavy atom. The Bertz CT molecular complexity index is 563. The smallest absolute Gasteiger partial charge is 0.155 e. The Balaban J connectivity index is 2.41. The number of rotatable bonds is 3. The van der Waals surface area contributed by atoms with E-state index in [0.29, 0.717) is 28.5 Å². The molecular formula is C12H16Cl2N2O2S. The molecule has 1 aliphatic heterocycles. The number of halogens is 2. The highest BCUT2D eigenvalue weighted by atomic mass is 35.5. The van der Waals surface area contributed by atoms with Gasteiger partial charge in [-0.2, -0.15) is 0 Å². The maximum absolute atomic E-state index is 12.2. The Hall–Kier alpha value is -0.330. The minimum Gasteiger partial charge on any atom is -0.271 e. The van der Waals surface area contributed by atoms with Crippen molar-refractivity contribution in [3.05, 3.63) is 33.8 Å². The van der Waals surface area contributed by atoms with E-state index in [1.807, 2.05) is 0 Å². The number of sulfone groups is 1. The van der Waals surface area contributed by atoms with Crippen molar-refractivity contribution < 1.29 is 8.42 Å². The first-order chi connectivity index (χ1) is 8.95. The van der Waals surface area contributed by atoms with Crippen molar-refractivity contribution in [3.8, 4) is 0 Å². The Kier molecular flexibility index (Phi) is 4.74. The van der Waals surface area contributed by atoms with Gasteiger partial charge >= 0.3 is 0 Å². The topological polar surface area (TPSA) is 72.2 Å². The normalized spacial score (nSPS) is 24.1. The molecule has 1 aromatic rings. The lowest BCUT2D eigenvalue weighted by atomic mass is 10.00. The molecule has 2 rings (SSSR count). The Morgan fingerprint density at radius 2 is 2.05 bits per heavy atom. The monoisotopic (exact) mass is 322 g/mol. The average Bonchev–Trinajstić information content (AvgIpc) is 2.36. The van der Waals surface area contributed by atoms with Crippen molar-refractivity contribution in [1.29, 1.82) is 0 Å². The van der Waals surface area contributed by atoms with Gasteiger partial charge < -0.3 is 0 Å². The summed E-state index contributed by atoms with van der Waals surface area (Å²) in [7, 11) is -3.16. The zero-order valence-electron chi connectivity index (χ0n) is 10.3. The molecule has 1 fully saturated rings. The Labute approximate surface area is 123 Å². The minimum absolute atomic E-state index is 0.202. The van der Waals surface area contributed by atoms with Crippen LogP contribution in [0.5, 0.6) is 0 Å². The lowest BCUT2D eigenvalue weighted by Crippen LogP contribution is -2.43. The highest BCUT2D eigenvalue weighted by Gasteiger charge is 2.36. The van der Waals surface area contributed by atoms with Gasteiger partial charge in [0.2, 0.25) is 0 Å². The van der Waals surface area contributed by atoms with Crippen LogP contribution in [0, 0.1) is 0 Å². The maximum atomic E-state index is 12.2. The molecule has 1 heterocycles. The minimum atomic E-state index is -3.16. The summed E-state index contributed by atoms with van der Waals surface area (Å²) in [6.07, 6.45) is 2.17. The molecule has 3 N–H and O–H groups in total. The van der Waals surface area contributed by atoms with Crippen molar-refractivity contribution in [2.45, 2.75) is 30.6 Å². The van der Waals surface area contributed by atoms with Gasteiger partial charge in [0.05, 0.1) is 17.0 Å². The molecule has 4 nitrogen and oxygen atoms in total. The van der Waals surface area contributed by atoms with Gasteiger partial charge in [0.1, 0.15) is 0 Å². The summed E-state index contributed by atoms with van der Waals surface area (Å²) >= 11 is 12.1. The first kappa shape index (κ1) is 15.1. The van der Waals surface area contributed by atoms with Gasteiger partial charge in [-0.3, -0.25) is 11.3 Å². The third-order valence-corrected chi connectivity index (χ3v) is 6.34. The summed E-state index contributed by atoms with van der Waals surface area (Å²) in [4.78, 5) is 0. The predicted molar refractivity (Wildman–Crippen MR) is 78.0 cm³/mol. The van der Waals surface area contributed by atoms with Crippen molar-refractivity contribution in [3.63, 3.8) is 0 Å². The van der Waals surface area contributed by atoms with E-state index in [1.54, 1.807) is 18.2 Å². The largest absolute Gasteiger partial charge is 0.271 e. The molecule has 2 unspecified atom stereocenters. The first-order valence-corrected chi connectivity index (χ1v) is 8.55. The molecule has 2 atom stereocenters. The van der Waals surface area contributed by atoms with Crippen molar-refractivity contribution in [2.75, 3.05) is 5.75 Å². The SMILES string of the molecule is NNC(c1cc(Cl)ccc1Cl)C1CCCCS1(=O)=O. The third kappa shape index (κ3) is 3.23. The zero-order chi connectivity index (χ0) is 14.0. The van der Waals surface area contributed by atoms with E-state index in [2.05, 4.69) is 5.43 Å². The molecule has 19 heavy (non-hydrogen) atoms. The molecule has 1 saturated heterocycles. The van der Waals surface area contributed by atoms with E-state index in [1.165, 1.54) is 0 Å². The van der Waals surface area contributed by atoms with Crippen LogP contribution in [-0.2, 0) is 9.84 Å². The fourth-order valence-corrected chi connectivity index (χ4v) is 4.99. The number of benzene rings is 1. The van der Waals surface area contributed by atoms with Crippen LogP contribution < -0.4 is 11.3 Å². The second-order valence-electron chi connectivity index (χ2n) is 4.71. The second kappa shape index (κ2) is 5.97. The summed E-state index contributed by atoms with van der Waals surface area (Å²) in [6, 6.07) is 4.45. The molecule has 0 bridgehead atoms. The van der Waals surface area contributed by atoms with Gasteiger partial charge in [-0.1, -0.05) is 29.6 Å². The summed E-state index contributed by atoms with van der Waals surface area (Å²) in [6.45, 7) is 0. The van der Waals surface area contributed by atoms with Gasteiger partial charge in [0, 0.05) is 10.0 Å². The molecule has 0 saturated carbocycles. The van der Waals surface area contributed by atoms with Crippen LogP contribution in [0.1, 0.15) is 30.9 Å². The van der Waals surface area contributed by atoms with Crippen molar-refractivity contribution in [1.82, 2.24) is 5.43 Å². The molecule has 7 heteroatoms. The van der Waals surface area contributed by atoms with Crippen LogP contribution >= 0.6 is 23.2 Å². The standard InChI is InChI=1S/C12H16Cl2N2O2S/c13-8-4-5-10(14)9(7-8)12(16-15)11-3-1-2-6-19(11,17)18/h4-5,7,11-12,16H,1-3,6,15H2. The first-order valence-electron chi connectivity index (χ1n) is 6.08. The van der Waals surface area contributed by atoms with Crippen molar-refractivity contribution in [2.24, 2.45) is 5.84 Å². The van der Waals surface area contributed by atoms with Crippen molar-refractivity contribution >= 4 is 33.0 Å². The second-order valence-corrected chi connectivity index (χ2v) is 7.89. The number of hydrogen-bond acceptors (Lipinski definition) is 4. The number of nitrogens with two attached hydrogens (primary N) is 1. The van der Waals surface area contributed by atoms with Gasteiger partial charge in [0.25, 0.3) is 0 Å². The molecular weight excluding hydrogens is 307 g/mol. The van der Waals surface area contributed by atoms with Crippen LogP contribution in [0.2, 0.25) is 10.0 Å². The van der Waals surface area contributed by atoms with Gasteiger partial charge in [-0.05, 0) is 36.6 Å². The van der Waals surface area contributed by atoms with Gasteiger partial charge in [-0.25, -0.2) is 8.42 Å². The lowest BCUT2D eigenvalue weighted by Gasteiger charge is -2.30. The molecule has 106 valence electrons. The fraction of sp³-hybridized carbons (Fsp3) is 0.500. The van der Waals surface area contributed by atoms with Crippen LogP contribution in [-0.4, -0.2) is 19.4 Å². The number of nitrogens with one attached hydrogen (secondary N) is 1. The molecule has 0 radical (unpaired) electrons. The summed E-state index contributed by atoms with van der Waals surface area (Å²) in [5.41, 5.74) is 3.22. The van der Waals surface area contributed by atoms with E-state index in [9.17, 15) is 8.42 Å². The molecule has 0 aromatic heterocycles. The zero-order valence-corrected chi connectivity index (χ0v) is 12.6. The van der Waals surface area contributed by atoms with E-state index >= 15 is 0 Å². The average molecular weight is 323 g/mol.